The molecular weight excluding hydrogens is 439 g/mol. The molecule has 0 bridgehead atoms. The maximum Gasteiger partial charge on any atom is 0.251 e. The number of hydrogen-bond donors (Lipinski definition) is 2. The summed E-state index contributed by atoms with van der Waals surface area (Å²) in [5.74, 6) is 0.627. The number of benzene rings is 2. The van der Waals surface area contributed by atoms with Gasteiger partial charge in [0.2, 0.25) is 5.91 Å². The van der Waals surface area contributed by atoms with Gasteiger partial charge in [0.25, 0.3) is 5.91 Å². The number of nitrogens with zero attached hydrogens (tertiary/aromatic N) is 2. The number of carbonyl (C=O) groups is 2. The van der Waals surface area contributed by atoms with Gasteiger partial charge in [0, 0.05) is 5.56 Å². The molecule has 1 aromatic heterocycles. The van der Waals surface area contributed by atoms with Crippen LogP contribution >= 0.6 is 23.2 Å². The highest BCUT2D eigenvalue weighted by molar-refractivity contribution is 6.44. The van der Waals surface area contributed by atoms with Crippen molar-refractivity contribution < 1.29 is 14.3 Å². The monoisotopic (exact) mass is 458 g/mol. The Bertz CT molecular complexity index is 1180. The van der Waals surface area contributed by atoms with E-state index in [2.05, 4.69) is 15.7 Å². The second kappa shape index (κ2) is 8.61. The van der Waals surface area contributed by atoms with Crippen LogP contribution in [0.4, 0.5) is 11.5 Å². The van der Waals surface area contributed by atoms with Crippen molar-refractivity contribution >= 4 is 46.5 Å². The van der Waals surface area contributed by atoms with E-state index in [9.17, 15) is 9.59 Å². The average molecular weight is 459 g/mol. The van der Waals surface area contributed by atoms with E-state index in [0.29, 0.717) is 28.7 Å². The summed E-state index contributed by atoms with van der Waals surface area (Å²) in [6.07, 6.45) is 0.573. The molecule has 0 saturated carbocycles. The molecule has 7 nitrogen and oxygen atoms in total. The van der Waals surface area contributed by atoms with Crippen LogP contribution in [0.2, 0.25) is 10.0 Å². The normalized spacial score (nSPS) is 14.8. The minimum absolute atomic E-state index is 0.0932. The van der Waals surface area contributed by atoms with Gasteiger partial charge < -0.3 is 15.4 Å². The van der Waals surface area contributed by atoms with Crippen molar-refractivity contribution in [3.05, 3.63) is 58.2 Å². The van der Waals surface area contributed by atoms with Crippen molar-refractivity contribution in [3.8, 4) is 16.9 Å². The highest BCUT2D eigenvalue weighted by Crippen LogP contribution is 2.40. The lowest BCUT2D eigenvalue weighted by Crippen LogP contribution is -2.24. The molecule has 0 aliphatic carbocycles. The van der Waals surface area contributed by atoms with E-state index in [4.69, 9.17) is 27.9 Å². The van der Waals surface area contributed by atoms with E-state index >= 15 is 0 Å². The Morgan fingerprint density at radius 1 is 1.26 bits per heavy atom. The molecule has 0 saturated heterocycles. The van der Waals surface area contributed by atoms with Gasteiger partial charge in [-0.3, -0.25) is 9.59 Å². The molecule has 4 rings (SSSR count). The van der Waals surface area contributed by atoms with Crippen LogP contribution in [0, 0.1) is 0 Å². The molecular formula is C22H20Cl2N4O3. The molecule has 2 aromatic carbocycles. The topological polar surface area (TPSA) is 85.2 Å². The highest BCUT2D eigenvalue weighted by Gasteiger charge is 2.36. The van der Waals surface area contributed by atoms with Gasteiger partial charge in [-0.25, -0.2) is 4.68 Å². The SMILES string of the molecule is CCc1nn2c(c1-c1cccc(OC)c1)NC(=O)C2CC(=O)Nc1cccc(Cl)c1Cl. The first-order valence-corrected chi connectivity index (χ1v) is 10.5. The van der Waals surface area contributed by atoms with Crippen LogP contribution in [0.25, 0.3) is 11.1 Å². The standard InChI is InChI=1S/C22H20Cl2N4O3/c1-3-15-19(12-6-4-7-13(10-12)31-2)21-26-22(30)17(28(21)27-15)11-18(29)25-16-9-5-8-14(23)20(16)24/h4-10,17H,3,11H2,1-2H3,(H,25,29)(H,26,30). The number of ether oxygens (including phenoxy) is 1. The molecule has 2 heterocycles. The second-order valence-electron chi connectivity index (χ2n) is 7.06. The van der Waals surface area contributed by atoms with Crippen LogP contribution in [-0.4, -0.2) is 28.7 Å². The molecule has 1 unspecified atom stereocenters. The van der Waals surface area contributed by atoms with E-state index in [1.54, 1.807) is 30.0 Å². The van der Waals surface area contributed by atoms with Crippen molar-refractivity contribution in [2.45, 2.75) is 25.8 Å². The summed E-state index contributed by atoms with van der Waals surface area (Å²) >= 11 is 12.1. The molecule has 0 fully saturated rings. The summed E-state index contributed by atoms with van der Waals surface area (Å²) in [6, 6.07) is 11.8. The number of anilines is 2. The zero-order chi connectivity index (χ0) is 22.1. The third kappa shape index (κ3) is 3.98. The van der Waals surface area contributed by atoms with Gasteiger partial charge >= 0.3 is 0 Å². The molecule has 31 heavy (non-hydrogen) atoms. The smallest absolute Gasteiger partial charge is 0.251 e. The summed E-state index contributed by atoms with van der Waals surface area (Å²) < 4.78 is 6.92. The fourth-order valence-corrected chi connectivity index (χ4v) is 3.97. The van der Waals surface area contributed by atoms with Gasteiger partial charge in [-0.15, -0.1) is 0 Å². The minimum Gasteiger partial charge on any atom is -0.497 e. The molecule has 1 atom stereocenters. The number of carbonyl (C=O) groups excluding carboxylic acids is 2. The Hall–Kier alpha value is -3.03. The first-order valence-electron chi connectivity index (χ1n) is 9.73. The largest absolute Gasteiger partial charge is 0.497 e. The summed E-state index contributed by atoms with van der Waals surface area (Å²) in [5, 5.41) is 10.8. The Kier molecular flexibility index (Phi) is 5.89. The van der Waals surface area contributed by atoms with E-state index in [-0.39, 0.29) is 23.3 Å². The molecule has 1 aliphatic heterocycles. The Morgan fingerprint density at radius 3 is 2.77 bits per heavy atom. The zero-order valence-corrected chi connectivity index (χ0v) is 18.4. The molecule has 2 amide bonds. The lowest BCUT2D eigenvalue weighted by molar-refractivity contribution is -0.123. The predicted octanol–water partition coefficient (Wildman–Crippen LogP) is 4.95. The number of halogens is 2. The Labute approximate surface area is 189 Å². The maximum absolute atomic E-state index is 12.7. The fraction of sp³-hybridized carbons (Fsp3) is 0.227. The second-order valence-corrected chi connectivity index (χ2v) is 7.84. The molecule has 2 N–H and O–H groups in total. The van der Waals surface area contributed by atoms with Crippen molar-refractivity contribution in [2.24, 2.45) is 0 Å². The first kappa shape index (κ1) is 21.2. The van der Waals surface area contributed by atoms with Crippen LogP contribution in [0.15, 0.2) is 42.5 Å². The van der Waals surface area contributed by atoms with Crippen LogP contribution in [0.1, 0.15) is 25.1 Å². The van der Waals surface area contributed by atoms with Gasteiger partial charge in [-0.05, 0) is 36.2 Å². The fourth-order valence-electron chi connectivity index (χ4n) is 3.62. The van der Waals surface area contributed by atoms with Crippen LogP contribution < -0.4 is 15.4 Å². The van der Waals surface area contributed by atoms with Gasteiger partial charge in [0.1, 0.15) is 17.6 Å². The number of nitrogens with one attached hydrogen (secondary N) is 2. The zero-order valence-electron chi connectivity index (χ0n) is 16.9. The number of methoxy groups -OCH3 is 1. The van der Waals surface area contributed by atoms with Crippen molar-refractivity contribution in [2.75, 3.05) is 17.7 Å². The predicted molar refractivity (Wildman–Crippen MR) is 121 cm³/mol. The average Bonchev–Trinajstić information content (AvgIpc) is 3.26. The first-order chi connectivity index (χ1) is 14.9. The van der Waals surface area contributed by atoms with E-state index < -0.39 is 6.04 Å². The number of fused-ring (bicyclic) bond motifs is 1. The number of hydrogen-bond acceptors (Lipinski definition) is 4. The van der Waals surface area contributed by atoms with Gasteiger partial charge in [-0.1, -0.05) is 48.3 Å². The van der Waals surface area contributed by atoms with Crippen LogP contribution in [-0.2, 0) is 16.0 Å². The van der Waals surface area contributed by atoms with Crippen molar-refractivity contribution in [1.29, 1.82) is 0 Å². The van der Waals surface area contributed by atoms with E-state index in [1.165, 1.54) is 0 Å². The third-order valence-corrected chi connectivity index (χ3v) is 5.94. The van der Waals surface area contributed by atoms with Gasteiger partial charge in [-0.2, -0.15) is 5.10 Å². The minimum atomic E-state index is -0.766. The summed E-state index contributed by atoms with van der Waals surface area (Å²) in [6.45, 7) is 1.99. The van der Waals surface area contributed by atoms with Crippen molar-refractivity contribution in [3.63, 3.8) is 0 Å². The maximum atomic E-state index is 12.7. The Morgan fingerprint density at radius 2 is 2.03 bits per heavy atom. The Balaban J connectivity index is 1.63. The summed E-state index contributed by atoms with van der Waals surface area (Å²) in [5.41, 5.74) is 2.93. The summed E-state index contributed by atoms with van der Waals surface area (Å²) in [4.78, 5) is 25.3. The number of rotatable bonds is 6. The summed E-state index contributed by atoms with van der Waals surface area (Å²) in [7, 11) is 1.60. The molecule has 160 valence electrons. The highest BCUT2D eigenvalue weighted by atomic mass is 35.5. The molecule has 1 aliphatic rings. The molecule has 0 spiro atoms. The number of aromatic nitrogens is 2. The number of aryl methyl sites for hydroxylation is 1. The van der Waals surface area contributed by atoms with Crippen LogP contribution in [0.5, 0.6) is 5.75 Å². The molecule has 0 radical (unpaired) electrons. The third-order valence-electron chi connectivity index (χ3n) is 5.12. The van der Waals surface area contributed by atoms with Crippen molar-refractivity contribution in [1.82, 2.24) is 9.78 Å². The molecule has 9 heteroatoms. The van der Waals surface area contributed by atoms with Crippen LogP contribution in [0.3, 0.4) is 0 Å². The number of amides is 2. The quantitative estimate of drug-likeness (QED) is 0.546. The van der Waals surface area contributed by atoms with E-state index in [0.717, 1.165) is 16.8 Å². The lowest BCUT2D eigenvalue weighted by Gasteiger charge is -2.11. The molecule has 3 aromatic rings. The van der Waals surface area contributed by atoms with E-state index in [1.807, 2.05) is 31.2 Å². The van der Waals surface area contributed by atoms with Gasteiger partial charge in [0.15, 0.2) is 0 Å². The van der Waals surface area contributed by atoms with Gasteiger partial charge in [0.05, 0.1) is 35.0 Å². The lowest BCUT2D eigenvalue weighted by atomic mass is 10.0.